The molecule has 1 aliphatic carbocycles. The minimum absolute atomic E-state index is 0.0727. The average Bonchev–Trinajstić information content (AvgIpc) is 3.16. The summed E-state index contributed by atoms with van der Waals surface area (Å²) in [5.41, 5.74) is 0. The van der Waals surface area contributed by atoms with Crippen LogP contribution in [0.25, 0.3) is 0 Å². The lowest BCUT2D eigenvalue weighted by molar-refractivity contribution is -0.144. The summed E-state index contributed by atoms with van der Waals surface area (Å²) in [4.78, 5) is 28.1. The third-order valence-corrected chi connectivity index (χ3v) is 4.23. The molecular formula is C15H26N2O2. The van der Waals surface area contributed by atoms with Crippen LogP contribution in [0, 0.1) is 11.8 Å². The van der Waals surface area contributed by atoms with Gasteiger partial charge in [0.1, 0.15) is 0 Å². The molecule has 1 saturated heterocycles. The smallest absolute Gasteiger partial charge is 0.226 e. The summed E-state index contributed by atoms with van der Waals surface area (Å²) in [7, 11) is 1.82. The van der Waals surface area contributed by atoms with Crippen molar-refractivity contribution < 1.29 is 9.59 Å². The molecule has 108 valence electrons. The van der Waals surface area contributed by atoms with E-state index < -0.39 is 0 Å². The van der Waals surface area contributed by atoms with E-state index in [0.717, 1.165) is 38.8 Å². The SMILES string of the molecule is CC(C)CCN(C(=O)C1CCN(C)C(=O)C1)C1CC1. The predicted molar refractivity (Wildman–Crippen MR) is 74.6 cm³/mol. The van der Waals surface area contributed by atoms with E-state index in [-0.39, 0.29) is 17.7 Å². The number of amides is 2. The molecule has 2 rings (SSSR count). The zero-order valence-corrected chi connectivity index (χ0v) is 12.4. The Labute approximate surface area is 116 Å². The van der Waals surface area contributed by atoms with Gasteiger partial charge in [-0.15, -0.1) is 0 Å². The molecule has 0 spiro atoms. The minimum Gasteiger partial charge on any atom is -0.346 e. The second-order valence-electron chi connectivity index (χ2n) is 6.45. The van der Waals surface area contributed by atoms with Crippen LogP contribution >= 0.6 is 0 Å². The number of carbonyl (C=O) groups excluding carboxylic acids is 2. The Bertz CT molecular complexity index is 350. The van der Waals surface area contributed by atoms with Gasteiger partial charge >= 0.3 is 0 Å². The summed E-state index contributed by atoms with van der Waals surface area (Å²) < 4.78 is 0. The lowest BCUT2D eigenvalue weighted by Gasteiger charge is -2.32. The molecule has 4 heteroatoms. The summed E-state index contributed by atoms with van der Waals surface area (Å²) in [6, 6.07) is 0.459. The molecule has 0 aromatic heterocycles. The molecule has 2 fully saturated rings. The van der Waals surface area contributed by atoms with Crippen molar-refractivity contribution in [3.8, 4) is 0 Å². The van der Waals surface area contributed by atoms with E-state index in [1.165, 1.54) is 0 Å². The van der Waals surface area contributed by atoms with Crippen LogP contribution in [-0.4, -0.2) is 47.8 Å². The van der Waals surface area contributed by atoms with Gasteiger partial charge in [0.15, 0.2) is 0 Å². The summed E-state index contributed by atoms with van der Waals surface area (Å²) in [5.74, 6) is 0.887. The second kappa shape index (κ2) is 5.93. The van der Waals surface area contributed by atoms with Crippen molar-refractivity contribution in [2.45, 2.75) is 52.0 Å². The van der Waals surface area contributed by atoms with Gasteiger partial charge in [-0.05, 0) is 31.6 Å². The largest absolute Gasteiger partial charge is 0.346 e. The summed E-state index contributed by atoms with van der Waals surface area (Å²) in [6.07, 6.45) is 4.57. The molecule has 1 heterocycles. The molecule has 2 aliphatic rings. The maximum absolute atomic E-state index is 12.6. The molecule has 0 bridgehead atoms. The zero-order valence-electron chi connectivity index (χ0n) is 12.4. The first-order valence-corrected chi connectivity index (χ1v) is 7.53. The molecule has 1 saturated carbocycles. The van der Waals surface area contributed by atoms with E-state index in [2.05, 4.69) is 18.7 Å². The second-order valence-corrected chi connectivity index (χ2v) is 6.45. The van der Waals surface area contributed by atoms with Gasteiger partial charge in [0.2, 0.25) is 11.8 Å². The lowest BCUT2D eigenvalue weighted by Crippen LogP contribution is -2.45. The van der Waals surface area contributed by atoms with Gasteiger partial charge in [0, 0.05) is 38.5 Å². The van der Waals surface area contributed by atoms with E-state index in [4.69, 9.17) is 0 Å². The molecular weight excluding hydrogens is 240 g/mol. The Morgan fingerprint density at radius 3 is 2.58 bits per heavy atom. The fourth-order valence-electron chi connectivity index (χ4n) is 2.64. The number of likely N-dealkylation sites (tertiary alicyclic amines) is 1. The first-order chi connectivity index (χ1) is 8.99. The van der Waals surface area contributed by atoms with Crippen LogP contribution in [0.3, 0.4) is 0 Å². The highest BCUT2D eigenvalue weighted by Crippen LogP contribution is 2.31. The average molecular weight is 266 g/mol. The van der Waals surface area contributed by atoms with Crippen LogP contribution in [0.1, 0.15) is 46.0 Å². The van der Waals surface area contributed by atoms with Crippen molar-refractivity contribution in [2.24, 2.45) is 11.8 Å². The van der Waals surface area contributed by atoms with Gasteiger partial charge in [0.05, 0.1) is 0 Å². The van der Waals surface area contributed by atoms with E-state index in [1.54, 1.807) is 4.90 Å². The van der Waals surface area contributed by atoms with Crippen molar-refractivity contribution in [1.29, 1.82) is 0 Å². The molecule has 2 amide bonds. The number of carbonyl (C=O) groups is 2. The van der Waals surface area contributed by atoms with Gasteiger partial charge in [-0.3, -0.25) is 9.59 Å². The van der Waals surface area contributed by atoms with E-state index >= 15 is 0 Å². The Morgan fingerprint density at radius 1 is 1.37 bits per heavy atom. The molecule has 0 N–H and O–H groups in total. The number of rotatable bonds is 5. The summed E-state index contributed by atoms with van der Waals surface area (Å²) >= 11 is 0. The van der Waals surface area contributed by atoms with Crippen molar-refractivity contribution in [2.75, 3.05) is 20.1 Å². The Morgan fingerprint density at radius 2 is 2.05 bits per heavy atom. The van der Waals surface area contributed by atoms with Gasteiger partial charge in [-0.1, -0.05) is 13.8 Å². The van der Waals surface area contributed by atoms with Crippen LogP contribution in [0.15, 0.2) is 0 Å². The molecule has 1 aliphatic heterocycles. The Kier molecular flexibility index (Phi) is 4.48. The normalized spacial score (nSPS) is 23.9. The zero-order chi connectivity index (χ0) is 14.0. The maximum atomic E-state index is 12.6. The topological polar surface area (TPSA) is 40.6 Å². The van der Waals surface area contributed by atoms with E-state index in [0.29, 0.717) is 18.4 Å². The molecule has 1 unspecified atom stereocenters. The molecule has 1 atom stereocenters. The van der Waals surface area contributed by atoms with Crippen LogP contribution < -0.4 is 0 Å². The third-order valence-electron chi connectivity index (χ3n) is 4.23. The quantitative estimate of drug-likeness (QED) is 0.762. The number of nitrogens with zero attached hydrogens (tertiary/aromatic N) is 2. The summed E-state index contributed by atoms with van der Waals surface area (Å²) in [5, 5.41) is 0. The number of piperidine rings is 1. The minimum atomic E-state index is -0.0727. The van der Waals surface area contributed by atoms with Gasteiger partial charge < -0.3 is 9.80 Å². The molecule has 0 aromatic rings. The van der Waals surface area contributed by atoms with Crippen molar-refractivity contribution in [1.82, 2.24) is 9.80 Å². The standard InChI is InChI=1S/C15H26N2O2/c1-11(2)6-9-17(13-4-5-13)15(19)12-7-8-16(3)14(18)10-12/h11-13H,4-10H2,1-3H3. The fraction of sp³-hybridized carbons (Fsp3) is 0.867. The van der Waals surface area contributed by atoms with Crippen LogP contribution in [-0.2, 0) is 9.59 Å². The van der Waals surface area contributed by atoms with Crippen molar-refractivity contribution >= 4 is 11.8 Å². The van der Waals surface area contributed by atoms with E-state index in [9.17, 15) is 9.59 Å². The van der Waals surface area contributed by atoms with Gasteiger partial charge in [0.25, 0.3) is 0 Å². The Hall–Kier alpha value is -1.06. The first-order valence-electron chi connectivity index (χ1n) is 7.53. The highest BCUT2D eigenvalue weighted by Gasteiger charge is 2.37. The van der Waals surface area contributed by atoms with E-state index in [1.807, 2.05) is 7.05 Å². The maximum Gasteiger partial charge on any atom is 0.226 e. The van der Waals surface area contributed by atoms with Gasteiger partial charge in [-0.25, -0.2) is 0 Å². The van der Waals surface area contributed by atoms with Crippen LogP contribution in [0.2, 0.25) is 0 Å². The monoisotopic (exact) mass is 266 g/mol. The molecule has 19 heavy (non-hydrogen) atoms. The summed E-state index contributed by atoms with van der Waals surface area (Å²) in [6.45, 7) is 5.96. The first kappa shape index (κ1) is 14.4. The van der Waals surface area contributed by atoms with Gasteiger partial charge in [-0.2, -0.15) is 0 Å². The molecule has 4 nitrogen and oxygen atoms in total. The fourth-order valence-corrected chi connectivity index (χ4v) is 2.64. The highest BCUT2D eigenvalue weighted by atomic mass is 16.2. The number of hydrogen-bond donors (Lipinski definition) is 0. The third kappa shape index (κ3) is 3.71. The molecule has 0 radical (unpaired) electrons. The molecule has 0 aromatic carbocycles. The Balaban J connectivity index is 1.93. The number of hydrogen-bond acceptors (Lipinski definition) is 2. The van der Waals surface area contributed by atoms with Crippen LogP contribution in [0.5, 0.6) is 0 Å². The van der Waals surface area contributed by atoms with Crippen molar-refractivity contribution in [3.63, 3.8) is 0 Å². The lowest BCUT2D eigenvalue weighted by atomic mass is 9.94. The van der Waals surface area contributed by atoms with Crippen LogP contribution in [0.4, 0.5) is 0 Å². The van der Waals surface area contributed by atoms with Crippen molar-refractivity contribution in [3.05, 3.63) is 0 Å². The highest BCUT2D eigenvalue weighted by molar-refractivity contribution is 5.87. The predicted octanol–water partition coefficient (Wildman–Crippen LogP) is 1.89.